The molecule has 2 rings (SSSR count). The first-order valence-corrected chi connectivity index (χ1v) is 6.19. The highest BCUT2D eigenvalue weighted by atomic mass is 19.1. The quantitative estimate of drug-likeness (QED) is 0.663. The summed E-state index contributed by atoms with van der Waals surface area (Å²) in [4.78, 5) is 11.6. The van der Waals surface area contributed by atoms with Crippen molar-refractivity contribution in [2.24, 2.45) is 0 Å². The molecule has 0 aromatic heterocycles. The van der Waals surface area contributed by atoms with E-state index in [4.69, 9.17) is 10.5 Å². The Morgan fingerprint density at radius 3 is 2.75 bits per heavy atom. The number of carbonyl (C=O) groups is 1. The van der Waals surface area contributed by atoms with E-state index in [1.807, 2.05) is 0 Å². The second-order valence-corrected chi connectivity index (χ2v) is 4.16. The summed E-state index contributed by atoms with van der Waals surface area (Å²) >= 11 is 0. The van der Waals surface area contributed by atoms with Crippen LogP contribution in [0.3, 0.4) is 0 Å². The second kappa shape index (κ2) is 6.06. The largest absolute Gasteiger partial charge is 0.462 e. The summed E-state index contributed by atoms with van der Waals surface area (Å²) in [5.74, 6) is -0.756. The number of esters is 1. The highest BCUT2D eigenvalue weighted by molar-refractivity contribution is 5.92. The Morgan fingerprint density at radius 1 is 1.30 bits per heavy atom. The normalized spacial score (nSPS) is 10.1. The lowest BCUT2D eigenvalue weighted by Gasteiger charge is -2.10. The van der Waals surface area contributed by atoms with Crippen LogP contribution in [-0.2, 0) is 4.74 Å². The van der Waals surface area contributed by atoms with Crippen molar-refractivity contribution in [2.45, 2.75) is 6.92 Å². The van der Waals surface area contributed by atoms with E-state index in [1.165, 1.54) is 18.2 Å². The van der Waals surface area contributed by atoms with Gasteiger partial charge >= 0.3 is 5.97 Å². The number of nitrogen functional groups attached to an aromatic ring is 1. The van der Waals surface area contributed by atoms with Crippen molar-refractivity contribution in [3.05, 3.63) is 53.8 Å². The average Bonchev–Trinajstić information content (AvgIpc) is 2.41. The van der Waals surface area contributed by atoms with E-state index >= 15 is 0 Å². The van der Waals surface area contributed by atoms with E-state index in [0.29, 0.717) is 29.2 Å². The van der Waals surface area contributed by atoms with Gasteiger partial charge in [0, 0.05) is 5.69 Å². The van der Waals surface area contributed by atoms with Crippen LogP contribution in [0.4, 0.5) is 21.5 Å². The number of hydrogen-bond donors (Lipinski definition) is 2. The van der Waals surface area contributed by atoms with Gasteiger partial charge in [0.25, 0.3) is 0 Å². The molecule has 0 spiro atoms. The number of ether oxygens (including phenoxy) is 1. The Morgan fingerprint density at radius 2 is 2.10 bits per heavy atom. The third-order valence-corrected chi connectivity index (χ3v) is 2.67. The Hall–Kier alpha value is -2.56. The summed E-state index contributed by atoms with van der Waals surface area (Å²) in [5.41, 5.74) is 7.83. The minimum atomic E-state index is -0.420. The van der Waals surface area contributed by atoms with Crippen molar-refractivity contribution >= 4 is 23.0 Å². The van der Waals surface area contributed by atoms with Gasteiger partial charge in [0.2, 0.25) is 0 Å². The molecule has 0 heterocycles. The van der Waals surface area contributed by atoms with Gasteiger partial charge in [-0.2, -0.15) is 0 Å². The first-order chi connectivity index (χ1) is 9.60. The zero-order valence-corrected chi connectivity index (χ0v) is 11.0. The molecule has 0 saturated heterocycles. The van der Waals surface area contributed by atoms with E-state index in [9.17, 15) is 9.18 Å². The van der Waals surface area contributed by atoms with Crippen LogP contribution in [-0.4, -0.2) is 12.6 Å². The van der Waals surface area contributed by atoms with Crippen molar-refractivity contribution in [2.75, 3.05) is 17.7 Å². The molecule has 3 N–H and O–H groups in total. The lowest BCUT2D eigenvalue weighted by atomic mass is 10.1. The van der Waals surface area contributed by atoms with Gasteiger partial charge < -0.3 is 15.8 Å². The minimum Gasteiger partial charge on any atom is -0.462 e. The highest BCUT2D eigenvalue weighted by Gasteiger charge is 2.09. The number of halogens is 1. The number of nitrogens with two attached hydrogens (primary N) is 1. The molecule has 20 heavy (non-hydrogen) atoms. The molecule has 0 aliphatic carbocycles. The van der Waals surface area contributed by atoms with Crippen LogP contribution in [0.5, 0.6) is 0 Å². The topological polar surface area (TPSA) is 64.3 Å². The fourth-order valence-corrected chi connectivity index (χ4v) is 1.74. The lowest BCUT2D eigenvalue weighted by Crippen LogP contribution is -2.06. The molecule has 0 aliphatic heterocycles. The molecular formula is C15H15FN2O2. The molecule has 0 fully saturated rings. The average molecular weight is 274 g/mol. The Kier molecular flexibility index (Phi) is 4.20. The van der Waals surface area contributed by atoms with Crippen LogP contribution in [0.1, 0.15) is 17.3 Å². The van der Waals surface area contributed by atoms with Gasteiger partial charge in [-0.3, -0.25) is 0 Å². The van der Waals surface area contributed by atoms with E-state index in [2.05, 4.69) is 5.32 Å². The zero-order chi connectivity index (χ0) is 14.5. The van der Waals surface area contributed by atoms with Crippen LogP contribution in [0.25, 0.3) is 0 Å². The first kappa shape index (κ1) is 13.9. The molecule has 0 bridgehead atoms. The lowest BCUT2D eigenvalue weighted by molar-refractivity contribution is 0.0526. The number of benzene rings is 2. The Labute approximate surface area is 116 Å². The summed E-state index contributed by atoms with van der Waals surface area (Å²) in [6.07, 6.45) is 0. The van der Waals surface area contributed by atoms with E-state index < -0.39 is 5.97 Å². The van der Waals surface area contributed by atoms with Gasteiger partial charge in [0.05, 0.1) is 23.5 Å². The van der Waals surface area contributed by atoms with Gasteiger partial charge in [0.1, 0.15) is 5.82 Å². The molecule has 0 radical (unpaired) electrons. The zero-order valence-electron chi connectivity index (χ0n) is 11.0. The van der Waals surface area contributed by atoms with E-state index in [0.717, 1.165) is 0 Å². The van der Waals surface area contributed by atoms with Gasteiger partial charge in [-0.25, -0.2) is 9.18 Å². The van der Waals surface area contributed by atoms with Gasteiger partial charge in [0.15, 0.2) is 0 Å². The summed E-state index contributed by atoms with van der Waals surface area (Å²) < 4.78 is 18.0. The number of nitrogens with one attached hydrogen (secondary N) is 1. The SMILES string of the molecule is CCOC(=O)c1ccc(Nc2cccc(F)c2)c(N)c1. The second-order valence-electron chi connectivity index (χ2n) is 4.16. The molecule has 104 valence electrons. The van der Waals surface area contributed by atoms with Gasteiger partial charge in [-0.15, -0.1) is 0 Å². The van der Waals surface area contributed by atoms with Crippen molar-refractivity contribution < 1.29 is 13.9 Å². The summed E-state index contributed by atoms with van der Waals surface area (Å²) in [7, 11) is 0. The van der Waals surface area contributed by atoms with E-state index in [1.54, 1.807) is 31.2 Å². The van der Waals surface area contributed by atoms with Crippen molar-refractivity contribution in [1.82, 2.24) is 0 Å². The molecule has 4 nitrogen and oxygen atoms in total. The monoisotopic (exact) mass is 274 g/mol. The summed E-state index contributed by atoms with van der Waals surface area (Å²) in [6, 6.07) is 10.8. The summed E-state index contributed by atoms with van der Waals surface area (Å²) in [6.45, 7) is 2.04. The predicted octanol–water partition coefficient (Wildman–Crippen LogP) is 3.33. The molecule has 0 atom stereocenters. The van der Waals surface area contributed by atoms with Crippen LogP contribution < -0.4 is 11.1 Å². The summed E-state index contributed by atoms with van der Waals surface area (Å²) in [5, 5.41) is 2.99. The number of rotatable bonds is 4. The smallest absolute Gasteiger partial charge is 0.338 e. The maximum absolute atomic E-state index is 13.1. The maximum atomic E-state index is 13.1. The predicted molar refractivity (Wildman–Crippen MR) is 76.5 cm³/mol. The third-order valence-electron chi connectivity index (χ3n) is 2.67. The fourth-order valence-electron chi connectivity index (χ4n) is 1.74. The maximum Gasteiger partial charge on any atom is 0.338 e. The molecule has 0 unspecified atom stereocenters. The minimum absolute atomic E-state index is 0.308. The van der Waals surface area contributed by atoms with Gasteiger partial charge in [-0.1, -0.05) is 6.07 Å². The molecular weight excluding hydrogens is 259 g/mol. The molecule has 0 amide bonds. The molecule has 2 aromatic carbocycles. The fraction of sp³-hybridized carbons (Fsp3) is 0.133. The van der Waals surface area contributed by atoms with Crippen LogP contribution in [0.15, 0.2) is 42.5 Å². The van der Waals surface area contributed by atoms with Crippen molar-refractivity contribution in [3.63, 3.8) is 0 Å². The Bertz CT molecular complexity index is 629. The molecule has 0 saturated carbocycles. The van der Waals surface area contributed by atoms with Crippen molar-refractivity contribution in [1.29, 1.82) is 0 Å². The first-order valence-electron chi connectivity index (χ1n) is 6.19. The third kappa shape index (κ3) is 3.26. The number of carbonyl (C=O) groups excluding carboxylic acids is 1. The molecule has 2 aromatic rings. The van der Waals surface area contributed by atoms with Crippen LogP contribution in [0.2, 0.25) is 0 Å². The van der Waals surface area contributed by atoms with Crippen LogP contribution in [0, 0.1) is 5.82 Å². The standard InChI is InChI=1S/C15H15FN2O2/c1-2-20-15(19)10-6-7-14(13(17)8-10)18-12-5-3-4-11(16)9-12/h3-9,18H,2,17H2,1H3. The number of hydrogen-bond acceptors (Lipinski definition) is 4. The number of anilines is 3. The molecule has 5 heteroatoms. The molecule has 0 aliphatic rings. The highest BCUT2D eigenvalue weighted by Crippen LogP contribution is 2.24. The van der Waals surface area contributed by atoms with Gasteiger partial charge in [-0.05, 0) is 43.3 Å². The van der Waals surface area contributed by atoms with Crippen LogP contribution >= 0.6 is 0 Å². The van der Waals surface area contributed by atoms with Crippen molar-refractivity contribution in [3.8, 4) is 0 Å². The Balaban J connectivity index is 2.20. The van der Waals surface area contributed by atoms with E-state index in [-0.39, 0.29) is 5.82 Å².